The number of carbonyl (C=O) groups is 1. The molecule has 0 fully saturated rings. The van der Waals surface area contributed by atoms with E-state index in [0.29, 0.717) is 11.0 Å². The summed E-state index contributed by atoms with van der Waals surface area (Å²) in [6, 6.07) is 7.67. The van der Waals surface area contributed by atoms with Crippen molar-refractivity contribution in [2.45, 2.75) is 6.42 Å². The Morgan fingerprint density at radius 1 is 1.33 bits per heavy atom. The van der Waals surface area contributed by atoms with E-state index in [-0.39, 0.29) is 5.78 Å². The van der Waals surface area contributed by atoms with E-state index in [2.05, 4.69) is 20.9 Å². The molecular formula is C9H6BrNO. The van der Waals surface area contributed by atoms with Crippen molar-refractivity contribution in [1.29, 1.82) is 0 Å². The lowest BCUT2D eigenvalue weighted by Gasteiger charge is -2.09. The summed E-state index contributed by atoms with van der Waals surface area (Å²) >= 11 is 3.12. The van der Waals surface area contributed by atoms with Gasteiger partial charge < -0.3 is 0 Å². The highest BCUT2D eigenvalue weighted by molar-refractivity contribution is 9.19. The third kappa shape index (κ3) is 1.20. The Labute approximate surface area is 78.4 Å². The summed E-state index contributed by atoms with van der Waals surface area (Å²) in [5.41, 5.74) is 1.90. The van der Waals surface area contributed by atoms with Crippen molar-refractivity contribution < 1.29 is 4.79 Å². The highest BCUT2D eigenvalue weighted by Crippen LogP contribution is 2.24. The second-order valence-electron chi connectivity index (χ2n) is 2.63. The molecule has 12 heavy (non-hydrogen) atoms. The highest BCUT2D eigenvalue weighted by Gasteiger charge is 2.16. The number of ketones is 1. The van der Waals surface area contributed by atoms with Crippen LogP contribution in [-0.2, 0) is 11.2 Å². The van der Waals surface area contributed by atoms with Gasteiger partial charge in [0.1, 0.15) is 4.62 Å². The Hall–Kier alpha value is -0.960. The molecule has 1 aromatic carbocycles. The van der Waals surface area contributed by atoms with Crippen molar-refractivity contribution in [1.82, 2.24) is 0 Å². The Morgan fingerprint density at radius 2 is 2.08 bits per heavy atom. The molecule has 0 amide bonds. The molecule has 1 aliphatic heterocycles. The number of carbonyl (C=O) groups excluding carboxylic acids is 1. The van der Waals surface area contributed by atoms with Gasteiger partial charge in [0.25, 0.3) is 0 Å². The summed E-state index contributed by atoms with van der Waals surface area (Å²) in [7, 11) is 0. The number of hydrogen-bond donors (Lipinski definition) is 0. The van der Waals surface area contributed by atoms with Gasteiger partial charge in [-0.25, -0.2) is 4.99 Å². The zero-order chi connectivity index (χ0) is 8.55. The van der Waals surface area contributed by atoms with Crippen molar-refractivity contribution >= 4 is 32.0 Å². The van der Waals surface area contributed by atoms with Gasteiger partial charge in [0.2, 0.25) is 0 Å². The fourth-order valence-electron chi connectivity index (χ4n) is 1.18. The topological polar surface area (TPSA) is 29.4 Å². The second-order valence-corrected chi connectivity index (χ2v) is 3.38. The van der Waals surface area contributed by atoms with E-state index in [1.807, 2.05) is 24.3 Å². The summed E-state index contributed by atoms with van der Waals surface area (Å²) in [4.78, 5) is 15.3. The molecule has 0 unspecified atom stereocenters. The smallest absolute Gasteiger partial charge is 0.192 e. The van der Waals surface area contributed by atoms with E-state index in [4.69, 9.17) is 0 Å². The molecule has 2 rings (SSSR count). The van der Waals surface area contributed by atoms with Gasteiger partial charge in [-0.2, -0.15) is 0 Å². The van der Waals surface area contributed by atoms with Gasteiger partial charge in [0.05, 0.1) is 5.69 Å². The van der Waals surface area contributed by atoms with Crippen LogP contribution in [0.2, 0.25) is 0 Å². The van der Waals surface area contributed by atoms with Crippen LogP contribution in [-0.4, -0.2) is 10.4 Å². The lowest BCUT2D eigenvalue weighted by molar-refractivity contribution is -0.112. The first-order chi connectivity index (χ1) is 5.77. The van der Waals surface area contributed by atoms with E-state index in [1.165, 1.54) is 0 Å². The van der Waals surface area contributed by atoms with Crippen LogP contribution in [0.1, 0.15) is 5.56 Å². The van der Waals surface area contributed by atoms with Crippen LogP contribution < -0.4 is 0 Å². The minimum Gasteiger partial charge on any atom is -0.291 e. The van der Waals surface area contributed by atoms with Crippen LogP contribution in [0.5, 0.6) is 0 Å². The number of para-hydroxylation sites is 1. The minimum absolute atomic E-state index is 0.0497. The van der Waals surface area contributed by atoms with Crippen LogP contribution in [0, 0.1) is 0 Å². The molecule has 60 valence electrons. The molecule has 0 atom stereocenters. The van der Waals surface area contributed by atoms with E-state index in [1.54, 1.807) is 0 Å². The first kappa shape index (κ1) is 7.68. The van der Waals surface area contributed by atoms with Crippen LogP contribution in [0.25, 0.3) is 0 Å². The molecular weight excluding hydrogens is 218 g/mol. The van der Waals surface area contributed by atoms with Gasteiger partial charge in [-0.1, -0.05) is 18.2 Å². The molecule has 2 nitrogen and oxygen atoms in total. The summed E-state index contributed by atoms with van der Waals surface area (Å²) in [5, 5.41) is 0. The summed E-state index contributed by atoms with van der Waals surface area (Å²) in [5.74, 6) is 0.0497. The standard InChI is InChI=1S/C9H6BrNO/c10-9-8(12)5-6-3-1-2-4-7(6)11-9/h1-4H,5H2. The van der Waals surface area contributed by atoms with Gasteiger partial charge in [-0.05, 0) is 27.6 Å². The number of benzene rings is 1. The Morgan fingerprint density at radius 3 is 2.92 bits per heavy atom. The largest absolute Gasteiger partial charge is 0.291 e. The van der Waals surface area contributed by atoms with Crippen molar-refractivity contribution in [2.24, 2.45) is 4.99 Å². The number of fused-ring (bicyclic) bond motifs is 1. The average Bonchev–Trinajstić information content (AvgIpc) is 2.07. The Balaban J connectivity index is 2.56. The number of rotatable bonds is 0. The SMILES string of the molecule is O=C1Cc2ccccc2N=C1Br. The summed E-state index contributed by atoms with van der Waals surface area (Å²) in [6.07, 6.45) is 0.459. The maximum absolute atomic E-state index is 11.2. The third-order valence-electron chi connectivity index (χ3n) is 1.79. The van der Waals surface area contributed by atoms with Gasteiger partial charge in [-0.15, -0.1) is 0 Å². The van der Waals surface area contributed by atoms with E-state index in [9.17, 15) is 4.79 Å². The second kappa shape index (κ2) is 2.83. The fourth-order valence-corrected chi connectivity index (χ4v) is 1.51. The molecule has 1 aliphatic rings. The molecule has 0 spiro atoms. The van der Waals surface area contributed by atoms with Crippen molar-refractivity contribution in [2.75, 3.05) is 0 Å². The predicted molar refractivity (Wildman–Crippen MR) is 51.2 cm³/mol. The monoisotopic (exact) mass is 223 g/mol. The number of Topliss-reactive ketones (excluding diaryl/α,β-unsaturated/α-hetero) is 1. The molecule has 0 saturated heterocycles. The molecule has 3 heteroatoms. The van der Waals surface area contributed by atoms with Gasteiger partial charge in [-0.3, -0.25) is 4.79 Å². The zero-order valence-electron chi connectivity index (χ0n) is 6.25. The maximum atomic E-state index is 11.2. The maximum Gasteiger partial charge on any atom is 0.192 e. The molecule has 0 saturated carbocycles. The minimum atomic E-state index is 0.0497. The number of hydrogen-bond acceptors (Lipinski definition) is 2. The Bertz CT molecular complexity index is 371. The predicted octanol–water partition coefficient (Wildman–Crippen LogP) is 2.24. The number of halogens is 1. The third-order valence-corrected chi connectivity index (χ3v) is 2.41. The average molecular weight is 224 g/mol. The van der Waals surface area contributed by atoms with Gasteiger partial charge in [0.15, 0.2) is 5.78 Å². The van der Waals surface area contributed by atoms with Crippen molar-refractivity contribution in [3.8, 4) is 0 Å². The van der Waals surface area contributed by atoms with Crippen LogP contribution in [0.4, 0.5) is 5.69 Å². The van der Waals surface area contributed by atoms with Crippen molar-refractivity contribution in [3.05, 3.63) is 29.8 Å². The molecule has 0 aromatic heterocycles. The molecule has 1 heterocycles. The number of nitrogens with zero attached hydrogens (tertiary/aromatic N) is 1. The van der Waals surface area contributed by atoms with Crippen LogP contribution >= 0.6 is 15.9 Å². The molecule has 0 aliphatic carbocycles. The highest BCUT2D eigenvalue weighted by atomic mass is 79.9. The van der Waals surface area contributed by atoms with Gasteiger partial charge in [0, 0.05) is 6.42 Å². The van der Waals surface area contributed by atoms with E-state index < -0.39 is 0 Å². The summed E-state index contributed by atoms with van der Waals surface area (Å²) in [6.45, 7) is 0. The van der Waals surface area contributed by atoms with Gasteiger partial charge >= 0.3 is 0 Å². The Kier molecular flexibility index (Phi) is 1.81. The normalized spacial score (nSPS) is 15.4. The zero-order valence-corrected chi connectivity index (χ0v) is 7.84. The molecule has 1 aromatic rings. The van der Waals surface area contributed by atoms with E-state index in [0.717, 1.165) is 11.3 Å². The van der Waals surface area contributed by atoms with Crippen molar-refractivity contribution in [3.63, 3.8) is 0 Å². The lowest BCUT2D eigenvalue weighted by atomic mass is 10.1. The number of aliphatic imine (C=N–C) groups is 1. The van der Waals surface area contributed by atoms with Crippen LogP contribution in [0.3, 0.4) is 0 Å². The fraction of sp³-hybridized carbons (Fsp3) is 0.111. The molecule has 0 bridgehead atoms. The summed E-state index contributed by atoms with van der Waals surface area (Å²) < 4.78 is 0.432. The first-order valence-electron chi connectivity index (χ1n) is 3.62. The molecule has 0 radical (unpaired) electrons. The lowest BCUT2D eigenvalue weighted by Crippen LogP contribution is -2.14. The first-order valence-corrected chi connectivity index (χ1v) is 4.42. The van der Waals surface area contributed by atoms with E-state index >= 15 is 0 Å². The molecule has 0 N–H and O–H groups in total. The van der Waals surface area contributed by atoms with Crippen LogP contribution in [0.15, 0.2) is 29.3 Å². The quantitative estimate of drug-likeness (QED) is 0.664.